The summed E-state index contributed by atoms with van der Waals surface area (Å²) in [5, 5.41) is 16.5. The predicted molar refractivity (Wildman–Crippen MR) is 113 cm³/mol. The van der Waals surface area contributed by atoms with Crippen molar-refractivity contribution in [1.29, 1.82) is 0 Å². The number of rotatable bonds is 13. The Morgan fingerprint density at radius 2 is 1.40 bits per heavy atom. The molecule has 12 heteroatoms. The van der Waals surface area contributed by atoms with Crippen LogP contribution in [-0.4, -0.2) is 64.6 Å². The highest BCUT2D eigenvalue weighted by Gasteiger charge is 2.31. The van der Waals surface area contributed by atoms with Gasteiger partial charge in [-0.3, -0.25) is 19.2 Å². The first-order valence-electron chi connectivity index (χ1n) is 9.58. The summed E-state index contributed by atoms with van der Waals surface area (Å²) in [6.45, 7) is 6.94. The van der Waals surface area contributed by atoms with E-state index in [0.29, 0.717) is 0 Å². The Hall–Kier alpha value is -2.34. The Balaban J connectivity index is 5.25. The Labute approximate surface area is 181 Å². The molecule has 0 fully saturated rings. The van der Waals surface area contributed by atoms with Crippen molar-refractivity contribution in [2.24, 2.45) is 23.3 Å². The monoisotopic (exact) mass is 447 g/mol. The third-order valence-electron chi connectivity index (χ3n) is 4.14. The zero-order chi connectivity index (χ0) is 23.6. The summed E-state index contributed by atoms with van der Waals surface area (Å²) in [6, 6.07) is -4.48. The molecule has 172 valence electrons. The molecule has 0 aliphatic rings. The van der Waals surface area contributed by atoms with E-state index in [1.54, 1.807) is 13.8 Å². The lowest BCUT2D eigenvalue weighted by molar-refractivity contribution is -0.143. The van der Waals surface area contributed by atoms with E-state index in [0.717, 1.165) is 0 Å². The summed E-state index contributed by atoms with van der Waals surface area (Å²) >= 11 is 4.05. The van der Waals surface area contributed by atoms with Gasteiger partial charge in [-0.05, 0) is 18.3 Å². The highest BCUT2D eigenvalue weighted by molar-refractivity contribution is 7.80. The van der Waals surface area contributed by atoms with Crippen LogP contribution in [-0.2, 0) is 24.0 Å². The number of hydrogen-bond donors (Lipinski definition) is 7. The third kappa shape index (κ3) is 9.92. The summed E-state index contributed by atoms with van der Waals surface area (Å²) in [5.74, 6) is -4.51. The number of carbonyl (C=O) groups excluding carboxylic acids is 4. The van der Waals surface area contributed by atoms with Gasteiger partial charge in [0, 0.05) is 5.75 Å². The van der Waals surface area contributed by atoms with Gasteiger partial charge < -0.3 is 32.5 Å². The number of carboxylic acids is 1. The van der Waals surface area contributed by atoms with Crippen LogP contribution in [0.3, 0.4) is 0 Å². The first-order chi connectivity index (χ1) is 13.8. The smallest absolute Gasteiger partial charge is 0.326 e. The number of nitrogens with one attached hydrogen (secondary N) is 3. The van der Waals surface area contributed by atoms with Gasteiger partial charge in [0.05, 0.1) is 12.5 Å². The number of amides is 4. The fourth-order valence-corrected chi connectivity index (χ4v) is 2.78. The van der Waals surface area contributed by atoms with Crippen LogP contribution in [0.4, 0.5) is 0 Å². The first-order valence-corrected chi connectivity index (χ1v) is 10.2. The number of hydrogen-bond acceptors (Lipinski definition) is 7. The minimum Gasteiger partial charge on any atom is -0.480 e. The van der Waals surface area contributed by atoms with Crippen molar-refractivity contribution in [2.75, 3.05) is 5.75 Å². The van der Waals surface area contributed by atoms with E-state index in [1.807, 2.05) is 13.8 Å². The summed E-state index contributed by atoms with van der Waals surface area (Å²) in [6.07, 6.45) is -0.138. The van der Waals surface area contributed by atoms with Crippen LogP contribution < -0.4 is 27.4 Å². The summed E-state index contributed by atoms with van der Waals surface area (Å²) in [5.41, 5.74) is 10.6. The standard InChI is InChI=1S/C18H33N5O6S/c1-8(2)5-11(21-15(25)10(19)6-13(20)24)16(26)22-12(7-30)17(27)23-14(9(3)4)18(28)29/h8-12,14,30H,5-7,19H2,1-4H3,(H2,20,24)(H,21,25)(H,22,26)(H,23,27)(H,28,29). The molecule has 0 aromatic heterocycles. The van der Waals surface area contributed by atoms with Gasteiger partial charge in [0.25, 0.3) is 0 Å². The molecule has 0 rings (SSSR count). The van der Waals surface area contributed by atoms with Gasteiger partial charge in [0.15, 0.2) is 0 Å². The Morgan fingerprint density at radius 3 is 1.80 bits per heavy atom. The van der Waals surface area contributed by atoms with Crippen LogP contribution in [0.25, 0.3) is 0 Å². The number of carbonyl (C=O) groups is 5. The quantitative estimate of drug-likeness (QED) is 0.164. The van der Waals surface area contributed by atoms with Crippen LogP contribution in [0.5, 0.6) is 0 Å². The van der Waals surface area contributed by atoms with Crippen molar-refractivity contribution in [3.05, 3.63) is 0 Å². The van der Waals surface area contributed by atoms with Crippen molar-refractivity contribution < 1.29 is 29.1 Å². The lowest BCUT2D eigenvalue weighted by Crippen LogP contribution is -2.58. The topological polar surface area (TPSA) is 194 Å². The maximum Gasteiger partial charge on any atom is 0.326 e. The van der Waals surface area contributed by atoms with E-state index in [9.17, 15) is 29.1 Å². The molecule has 30 heavy (non-hydrogen) atoms. The first kappa shape index (κ1) is 27.7. The molecule has 0 spiro atoms. The normalized spacial score (nSPS) is 15.1. The molecule has 8 N–H and O–H groups in total. The SMILES string of the molecule is CC(C)CC(NC(=O)C(N)CC(N)=O)C(=O)NC(CS)C(=O)NC(C(=O)O)C(C)C. The van der Waals surface area contributed by atoms with Crippen LogP contribution in [0.15, 0.2) is 0 Å². The second-order valence-electron chi connectivity index (χ2n) is 7.78. The minimum atomic E-state index is -1.21. The predicted octanol–water partition coefficient (Wildman–Crippen LogP) is -1.64. The zero-order valence-electron chi connectivity index (χ0n) is 17.7. The molecule has 4 atom stereocenters. The summed E-state index contributed by atoms with van der Waals surface area (Å²) in [4.78, 5) is 59.5. The Bertz CT molecular complexity index is 643. The van der Waals surface area contributed by atoms with E-state index in [2.05, 4.69) is 28.6 Å². The number of carboxylic acid groups (broad SMARTS) is 1. The van der Waals surface area contributed by atoms with Crippen LogP contribution in [0, 0.1) is 11.8 Å². The van der Waals surface area contributed by atoms with E-state index >= 15 is 0 Å². The molecule has 11 nitrogen and oxygen atoms in total. The summed E-state index contributed by atoms with van der Waals surface area (Å²) in [7, 11) is 0. The highest BCUT2D eigenvalue weighted by atomic mass is 32.1. The average molecular weight is 448 g/mol. The highest BCUT2D eigenvalue weighted by Crippen LogP contribution is 2.07. The number of aliphatic carboxylic acids is 1. The third-order valence-corrected chi connectivity index (χ3v) is 4.51. The molecule has 0 radical (unpaired) electrons. The van der Waals surface area contributed by atoms with Gasteiger partial charge >= 0.3 is 5.97 Å². The molecular weight excluding hydrogens is 414 g/mol. The van der Waals surface area contributed by atoms with E-state index in [4.69, 9.17) is 11.5 Å². The molecule has 0 saturated carbocycles. The molecule has 4 unspecified atom stereocenters. The minimum absolute atomic E-state index is 0.00836. The van der Waals surface area contributed by atoms with Gasteiger partial charge in [-0.15, -0.1) is 0 Å². The maximum atomic E-state index is 12.7. The van der Waals surface area contributed by atoms with Crippen molar-refractivity contribution in [2.45, 2.75) is 64.7 Å². The van der Waals surface area contributed by atoms with Crippen LogP contribution in [0.2, 0.25) is 0 Å². The molecule has 0 aliphatic carbocycles. The van der Waals surface area contributed by atoms with E-state index in [-0.39, 0.29) is 30.4 Å². The van der Waals surface area contributed by atoms with Gasteiger partial charge in [-0.2, -0.15) is 12.6 Å². The molecule has 0 bridgehead atoms. The summed E-state index contributed by atoms with van der Waals surface area (Å²) < 4.78 is 0. The number of nitrogens with two attached hydrogens (primary N) is 2. The fraction of sp³-hybridized carbons (Fsp3) is 0.722. The molecule has 0 aromatic rings. The molecule has 0 aromatic carbocycles. The number of thiol groups is 1. The van der Waals surface area contributed by atoms with Crippen molar-refractivity contribution in [3.8, 4) is 0 Å². The Morgan fingerprint density at radius 1 is 0.900 bits per heavy atom. The van der Waals surface area contributed by atoms with Crippen molar-refractivity contribution in [3.63, 3.8) is 0 Å². The molecule has 0 aliphatic heterocycles. The van der Waals surface area contributed by atoms with Gasteiger partial charge in [0.1, 0.15) is 18.1 Å². The van der Waals surface area contributed by atoms with Crippen molar-refractivity contribution in [1.82, 2.24) is 16.0 Å². The van der Waals surface area contributed by atoms with E-state index in [1.165, 1.54) is 0 Å². The lowest BCUT2D eigenvalue weighted by atomic mass is 10.0. The van der Waals surface area contributed by atoms with Gasteiger partial charge in [0.2, 0.25) is 23.6 Å². The molecule has 0 heterocycles. The van der Waals surface area contributed by atoms with Gasteiger partial charge in [-0.1, -0.05) is 27.7 Å². The van der Waals surface area contributed by atoms with Gasteiger partial charge in [-0.25, -0.2) is 4.79 Å². The van der Waals surface area contributed by atoms with Crippen LogP contribution >= 0.6 is 12.6 Å². The second-order valence-corrected chi connectivity index (χ2v) is 8.15. The van der Waals surface area contributed by atoms with E-state index < -0.39 is 53.8 Å². The molecule has 0 saturated heterocycles. The van der Waals surface area contributed by atoms with Crippen LogP contribution in [0.1, 0.15) is 40.5 Å². The molecule has 4 amide bonds. The Kier molecular flexibility index (Phi) is 12.0. The zero-order valence-corrected chi connectivity index (χ0v) is 18.6. The largest absolute Gasteiger partial charge is 0.480 e. The second kappa shape index (κ2) is 13.1. The molecular formula is C18H33N5O6S. The number of primary amides is 1. The maximum absolute atomic E-state index is 12.7. The van der Waals surface area contributed by atoms with Crippen molar-refractivity contribution >= 4 is 42.2 Å². The lowest BCUT2D eigenvalue weighted by Gasteiger charge is -2.26. The average Bonchev–Trinajstić information content (AvgIpc) is 2.61. The fourth-order valence-electron chi connectivity index (χ4n) is 2.52.